The summed E-state index contributed by atoms with van der Waals surface area (Å²) in [6, 6.07) is 27.8. The molecule has 0 aromatic heterocycles. The van der Waals surface area contributed by atoms with Gasteiger partial charge in [0, 0.05) is 53.9 Å². The van der Waals surface area contributed by atoms with Gasteiger partial charge in [0.15, 0.2) is 5.60 Å². The molecule has 5 heteroatoms. The number of hydrogen-bond acceptors (Lipinski definition) is 5. The average molecular weight is 449 g/mol. The summed E-state index contributed by atoms with van der Waals surface area (Å²) in [4.78, 5) is 15.0. The number of carbonyl (C=O) groups excluding carboxylic acids is 1. The molecule has 34 heavy (non-hydrogen) atoms. The van der Waals surface area contributed by atoms with Gasteiger partial charge in [-0.3, -0.25) is 0 Å². The van der Waals surface area contributed by atoms with Crippen LogP contribution in [0.3, 0.4) is 0 Å². The van der Waals surface area contributed by atoms with E-state index in [4.69, 9.17) is 9.47 Å². The number of esters is 1. The Morgan fingerprint density at radius 2 is 1.44 bits per heavy atom. The maximum atomic E-state index is 12.9. The molecule has 1 N–H and O–H groups in total. The monoisotopic (exact) mass is 448 g/mol. The lowest BCUT2D eigenvalue weighted by Gasteiger charge is -2.36. The molecule has 2 aliphatic heterocycles. The fraction of sp³-hybridized carbons (Fsp3) is 0.138. The van der Waals surface area contributed by atoms with E-state index < -0.39 is 5.60 Å². The highest BCUT2D eigenvalue weighted by molar-refractivity contribution is 5.97. The zero-order valence-electron chi connectivity index (χ0n) is 19.3. The second-order valence-electron chi connectivity index (χ2n) is 9.00. The van der Waals surface area contributed by atoms with Gasteiger partial charge in [-0.15, -0.1) is 0 Å². The van der Waals surface area contributed by atoms with Gasteiger partial charge in [0.1, 0.15) is 11.5 Å². The summed E-state index contributed by atoms with van der Waals surface area (Å²) < 4.78 is 12.6. The topological polar surface area (TPSA) is 50.8 Å². The lowest BCUT2D eigenvalue weighted by molar-refractivity contribution is 0.0224. The summed E-state index contributed by atoms with van der Waals surface area (Å²) in [5, 5.41) is 3.46. The Kier molecular flexibility index (Phi) is 4.42. The molecule has 0 aliphatic carbocycles. The van der Waals surface area contributed by atoms with Crippen molar-refractivity contribution in [3.8, 4) is 11.5 Å². The number of ether oxygens (including phenoxy) is 2. The lowest BCUT2D eigenvalue weighted by atomic mass is 9.77. The van der Waals surface area contributed by atoms with Gasteiger partial charge in [0.25, 0.3) is 0 Å². The predicted octanol–water partition coefficient (Wildman–Crippen LogP) is 6.37. The van der Waals surface area contributed by atoms with E-state index in [9.17, 15) is 4.79 Å². The summed E-state index contributed by atoms with van der Waals surface area (Å²) in [5.74, 6) is 1.04. The van der Waals surface area contributed by atoms with Gasteiger partial charge in [0.2, 0.25) is 0 Å². The molecule has 0 bridgehead atoms. The van der Waals surface area contributed by atoms with Crippen LogP contribution in [0.5, 0.6) is 11.5 Å². The summed E-state index contributed by atoms with van der Waals surface area (Å²) in [6.07, 6.45) is 0. The molecule has 4 aromatic rings. The standard InChI is InChI=1S/C29H24N2O3/c1-18-8-14-24-26(16-18)33-27-17-20(30-19-9-12-21(13-10-19)31(2)3)11-15-25(27)29(24)23-7-5-4-6-22(23)28(32)34-29/h4-17,30H,1-3H3. The number of nitrogens with zero attached hydrogens (tertiary/aromatic N) is 1. The van der Waals surface area contributed by atoms with E-state index in [-0.39, 0.29) is 5.97 Å². The van der Waals surface area contributed by atoms with Crippen LogP contribution in [0.25, 0.3) is 0 Å². The Bertz CT molecular complexity index is 1440. The van der Waals surface area contributed by atoms with Gasteiger partial charge < -0.3 is 19.7 Å². The smallest absolute Gasteiger partial charge is 0.340 e. The zero-order valence-corrected chi connectivity index (χ0v) is 19.3. The second-order valence-corrected chi connectivity index (χ2v) is 9.00. The molecule has 0 radical (unpaired) electrons. The van der Waals surface area contributed by atoms with Crippen LogP contribution < -0.4 is 15.0 Å². The lowest BCUT2D eigenvalue weighted by Crippen LogP contribution is -2.33. The number of anilines is 3. The highest BCUT2D eigenvalue weighted by Gasteiger charge is 2.53. The Labute approximate surface area is 198 Å². The summed E-state index contributed by atoms with van der Waals surface area (Å²) in [7, 11) is 4.04. The van der Waals surface area contributed by atoms with Crippen molar-refractivity contribution in [1.82, 2.24) is 0 Å². The molecule has 5 nitrogen and oxygen atoms in total. The minimum atomic E-state index is -1.03. The van der Waals surface area contributed by atoms with Crippen molar-refractivity contribution < 1.29 is 14.3 Å². The molecule has 0 fully saturated rings. The summed E-state index contributed by atoms with van der Waals surface area (Å²) in [6.45, 7) is 2.02. The third-order valence-electron chi connectivity index (χ3n) is 6.54. The molecular formula is C29H24N2O3. The largest absolute Gasteiger partial charge is 0.456 e. The van der Waals surface area contributed by atoms with Gasteiger partial charge in [-0.05, 0) is 61.0 Å². The van der Waals surface area contributed by atoms with Crippen molar-refractivity contribution in [1.29, 1.82) is 0 Å². The Hall–Kier alpha value is -4.25. The molecule has 1 atom stereocenters. The van der Waals surface area contributed by atoms with E-state index in [1.165, 1.54) is 0 Å². The first-order chi connectivity index (χ1) is 16.5. The van der Waals surface area contributed by atoms with Crippen LogP contribution in [-0.2, 0) is 10.3 Å². The molecule has 0 amide bonds. The Morgan fingerprint density at radius 3 is 2.21 bits per heavy atom. The highest BCUT2D eigenvalue weighted by Crippen LogP contribution is 2.56. The molecule has 168 valence electrons. The van der Waals surface area contributed by atoms with Crippen LogP contribution in [0.15, 0.2) is 84.9 Å². The van der Waals surface area contributed by atoms with Gasteiger partial charge in [-0.1, -0.05) is 30.3 Å². The number of benzene rings is 4. The number of carbonyl (C=O) groups is 1. The third-order valence-corrected chi connectivity index (χ3v) is 6.54. The van der Waals surface area contributed by atoms with E-state index in [0.717, 1.165) is 39.3 Å². The number of fused-ring (bicyclic) bond motifs is 6. The summed E-state index contributed by atoms with van der Waals surface area (Å²) in [5.41, 5.74) is 6.13. The molecule has 6 rings (SSSR count). The minimum Gasteiger partial charge on any atom is -0.456 e. The maximum absolute atomic E-state index is 12.9. The predicted molar refractivity (Wildman–Crippen MR) is 133 cm³/mol. The van der Waals surface area contributed by atoms with E-state index in [0.29, 0.717) is 17.1 Å². The highest BCUT2D eigenvalue weighted by atomic mass is 16.6. The molecule has 0 saturated carbocycles. The van der Waals surface area contributed by atoms with Gasteiger partial charge >= 0.3 is 5.97 Å². The van der Waals surface area contributed by atoms with Crippen LogP contribution in [-0.4, -0.2) is 20.1 Å². The zero-order chi connectivity index (χ0) is 23.4. The van der Waals surface area contributed by atoms with Crippen LogP contribution in [0.1, 0.15) is 32.6 Å². The molecule has 2 aliphatic rings. The van der Waals surface area contributed by atoms with E-state index in [2.05, 4.69) is 22.3 Å². The Morgan fingerprint density at radius 1 is 0.765 bits per heavy atom. The van der Waals surface area contributed by atoms with Crippen LogP contribution in [0.2, 0.25) is 0 Å². The number of nitrogens with one attached hydrogen (secondary N) is 1. The fourth-order valence-electron chi connectivity index (χ4n) is 4.87. The van der Waals surface area contributed by atoms with Crippen molar-refractivity contribution in [3.63, 3.8) is 0 Å². The van der Waals surface area contributed by atoms with Gasteiger partial charge in [0.05, 0.1) is 5.56 Å². The maximum Gasteiger partial charge on any atom is 0.340 e. The fourth-order valence-corrected chi connectivity index (χ4v) is 4.87. The first kappa shape index (κ1) is 20.4. The molecule has 0 saturated heterocycles. The SMILES string of the molecule is Cc1ccc2c(c1)Oc1cc(Nc3ccc(N(C)C)cc3)ccc1C21OC(=O)c2ccccc21. The van der Waals surface area contributed by atoms with E-state index in [1.807, 2.05) is 93.8 Å². The van der Waals surface area contributed by atoms with E-state index in [1.54, 1.807) is 0 Å². The van der Waals surface area contributed by atoms with Crippen LogP contribution >= 0.6 is 0 Å². The van der Waals surface area contributed by atoms with Crippen molar-refractivity contribution >= 4 is 23.0 Å². The minimum absolute atomic E-state index is 0.321. The molecule has 2 heterocycles. The third kappa shape index (κ3) is 2.97. The first-order valence-electron chi connectivity index (χ1n) is 11.3. The molecule has 1 spiro atoms. The summed E-state index contributed by atoms with van der Waals surface area (Å²) >= 11 is 0. The normalized spacial score (nSPS) is 17.3. The van der Waals surface area contributed by atoms with Crippen LogP contribution in [0.4, 0.5) is 17.1 Å². The van der Waals surface area contributed by atoms with Gasteiger partial charge in [-0.2, -0.15) is 0 Å². The first-order valence-corrected chi connectivity index (χ1v) is 11.3. The second kappa shape index (κ2) is 7.39. The molecule has 1 unspecified atom stereocenters. The number of hydrogen-bond donors (Lipinski definition) is 1. The quantitative estimate of drug-likeness (QED) is 0.369. The van der Waals surface area contributed by atoms with E-state index >= 15 is 0 Å². The van der Waals surface area contributed by atoms with Crippen molar-refractivity contribution in [2.45, 2.75) is 12.5 Å². The van der Waals surface area contributed by atoms with Crippen molar-refractivity contribution in [2.24, 2.45) is 0 Å². The van der Waals surface area contributed by atoms with Gasteiger partial charge in [-0.25, -0.2) is 4.79 Å². The van der Waals surface area contributed by atoms with Crippen molar-refractivity contribution in [3.05, 3.63) is 113 Å². The molecule has 4 aromatic carbocycles. The average Bonchev–Trinajstić information content (AvgIpc) is 3.12. The Balaban J connectivity index is 1.47. The van der Waals surface area contributed by atoms with Crippen molar-refractivity contribution in [2.75, 3.05) is 24.3 Å². The molecular weight excluding hydrogens is 424 g/mol. The van der Waals surface area contributed by atoms with Crippen LogP contribution in [0, 0.1) is 6.92 Å². The number of rotatable bonds is 3. The number of aryl methyl sites for hydroxylation is 1.